The van der Waals surface area contributed by atoms with E-state index < -0.39 is 12.0 Å². The molecule has 3 rings (SSSR count). The maximum atomic E-state index is 11.9. The van der Waals surface area contributed by atoms with Crippen molar-refractivity contribution >= 4 is 5.97 Å². The summed E-state index contributed by atoms with van der Waals surface area (Å²) in [6.45, 7) is 3.92. The van der Waals surface area contributed by atoms with Crippen molar-refractivity contribution in [3.63, 3.8) is 0 Å². The molecule has 0 bridgehead atoms. The van der Waals surface area contributed by atoms with E-state index >= 15 is 0 Å². The molecule has 1 atom stereocenters. The van der Waals surface area contributed by atoms with Crippen molar-refractivity contribution < 1.29 is 14.6 Å². The van der Waals surface area contributed by atoms with E-state index in [1.165, 1.54) is 0 Å². The average Bonchev–Trinajstić information content (AvgIpc) is 3.15. The fraction of sp³-hybridized carbons (Fsp3) is 0.412. The fourth-order valence-electron chi connectivity index (χ4n) is 3.11. The van der Waals surface area contributed by atoms with Crippen LogP contribution in [0.2, 0.25) is 0 Å². The Morgan fingerprint density at radius 2 is 2.35 bits per heavy atom. The Hall–Kier alpha value is -2.34. The van der Waals surface area contributed by atoms with Gasteiger partial charge >= 0.3 is 5.97 Å². The molecule has 0 fully saturated rings. The molecule has 0 saturated heterocycles. The maximum absolute atomic E-state index is 11.9. The topological polar surface area (TPSA) is 67.6 Å². The van der Waals surface area contributed by atoms with Crippen LogP contribution >= 0.6 is 0 Å². The largest absolute Gasteiger partial charge is 0.493 e. The van der Waals surface area contributed by atoms with Gasteiger partial charge in [0, 0.05) is 30.9 Å². The molecule has 1 unspecified atom stereocenters. The Balaban J connectivity index is 1.90. The minimum atomic E-state index is -0.883. The van der Waals surface area contributed by atoms with Gasteiger partial charge < -0.3 is 14.4 Å². The van der Waals surface area contributed by atoms with Crippen LogP contribution < -0.4 is 4.74 Å². The highest BCUT2D eigenvalue weighted by atomic mass is 16.5. The normalized spacial score (nSPS) is 14.6. The third kappa shape index (κ3) is 2.94. The molecular formula is C17H21N3O3. The first-order valence-corrected chi connectivity index (χ1v) is 7.79. The highest BCUT2D eigenvalue weighted by Gasteiger charge is 2.31. The number of aryl methyl sites for hydroxylation is 1. The SMILES string of the molecule is CCn1ccnc1CN(C)C(C(=O)O)c1cccc2c1OCC2. The molecule has 1 aliphatic rings. The molecule has 1 N–H and O–H groups in total. The van der Waals surface area contributed by atoms with Gasteiger partial charge in [0.25, 0.3) is 0 Å². The lowest BCUT2D eigenvalue weighted by Gasteiger charge is -2.26. The quantitative estimate of drug-likeness (QED) is 0.884. The minimum absolute atomic E-state index is 0.460. The molecule has 0 radical (unpaired) electrons. The van der Waals surface area contributed by atoms with Crippen LogP contribution in [0.5, 0.6) is 5.75 Å². The average molecular weight is 315 g/mol. The van der Waals surface area contributed by atoms with Gasteiger partial charge in [-0.3, -0.25) is 9.69 Å². The zero-order chi connectivity index (χ0) is 16.4. The number of para-hydroxylation sites is 1. The van der Waals surface area contributed by atoms with E-state index in [0.29, 0.717) is 18.7 Å². The first-order valence-electron chi connectivity index (χ1n) is 7.79. The number of hydrogen-bond donors (Lipinski definition) is 1. The zero-order valence-electron chi connectivity index (χ0n) is 13.4. The standard InChI is InChI=1S/C17H21N3O3/c1-3-20-9-8-18-14(20)11-19(2)15(17(21)22)13-6-4-5-12-7-10-23-16(12)13/h4-6,8-9,15H,3,7,10-11H2,1-2H3,(H,21,22). The second kappa shape index (κ2) is 6.42. The summed E-state index contributed by atoms with van der Waals surface area (Å²) in [5, 5.41) is 9.76. The summed E-state index contributed by atoms with van der Waals surface area (Å²) >= 11 is 0. The zero-order valence-corrected chi connectivity index (χ0v) is 13.4. The van der Waals surface area contributed by atoms with Gasteiger partial charge in [-0.25, -0.2) is 4.98 Å². The van der Waals surface area contributed by atoms with Crippen molar-refractivity contribution in [1.82, 2.24) is 14.5 Å². The van der Waals surface area contributed by atoms with E-state index in [9.17, 15) is 9.90 Å². The van der Waals surface area contributed by atoms with Gasteiger partial charge in [-0.05, 0) is 19.5 Å². The molecule has 0 amide bonds. The Morgan fingerprint density at radius 3 is 3.09 bits per heavy atom. The Labute approximate surface area is 135 Å². The lowest BCUT2D eigenvalue weighted by molar-refractivity contribution is -0.143. The second-order valence-corrected chi connectivity index (χ2v) is 5.72. The predicted molar refractivity (Wildman–Crippen MR) is 85.4 cm³/mol. The first kappa shape index (κ1) is 15.6. The van der Waals surface area contributed by atoms with Gasteiger partial charge in [-0.1, -0.05) is 18.2 Å². The van der Waals surface area contributed by atoms with Crippen LogP contribution in [-0.4, -0.2) is 39.2 Å². The van der Waals surface area contributed by atoms with Crippen molar-refractivity contribution in [3.8, 4) is 5.75 Å². The molecule has 1 aromatic carbocycles. The molecule has 1 aromatic heterocycles. The number of likely N-dealkylation sites (N-methyl/N-ethyl adjacent to an activating group) is 1. The van der Waals surface area contributed by atoms with Crippen LogP contribution in [0.1, 0.15) is 29.9 Å². The van der Waals surface area contributed by atoms with Crippen molar-refractivity contribution in [2.24, 2.45) is 0 Å². The molecule has 122 valence electrons. The number of hydrogen-bond acceptors (Lipinski definition) is 4. The van der Waals surface area contributed by atoms with Crippen molar-refractivity contribution in [3.05, 3.63) is 47.5 Å². The molecule has 23 heavy (non-hydrogen) atoms. The molecule has 0 spiro atoms. The van der Waals surface area contributed by atoms with Gasteiger partial charge in [-0.15, -0.1) is 0 Å². The molecule has 6 nitrogen and oxygen atoms in total. The number of fused-ring (bicyclic) bond motifs is 1. The summed E-state index contributed by atoms with van der Waals surface area (Å²) in [4.78, 5) is 18.0. The first-order chi connectivity index (χ1) is 11.1. The number of imidazole rings is 1. The fourth-order valence-corrected chi connectivity index (χ4v) is 3.11. The van der Waals surface area contributed by atoms with E-state index in [1.54, 1.807) is 11.1 Å². The summed E-state index contributed by atoms with van der Waals surface area (Å²) in [7, 11) is 1.81. The van der Waals surface area contributed by atoms with E-state index in [-0.39, 0.29) is 0 Å². The van der Waals surface area contributed by atoms with Gasteiger partial charge in [0.05, 0.1) is 13.2 Å². The summed E-state index contributed by atoms with van der Waals surface area (Å²) in [5.74, 6) is 0.700. The van der Waals surface area contributed by atoms with E-state index in [4.69, 9.17) is 4.74 Å². The number of aliphatic carboxylic acids is 1. The predicted octanol–water partition coefficient (Wildman–Crippen LogP) is 2.10. The van der Waals surface area contributed by atoms with Gasteiger partial charge in [0.15, 0.2) is 0 Å². The summed E-state index contributed by atoms with van der Waals surface area (Å²) in [6, 6.07) is 4.98. The monoisotopic (exact) mass is 315 g/mol. The Morgan fingerprint density at radius 1 is 1.52 bits per heavy atom. The van der Waals surface area contributed by atoms with E-state index in [0.717, 1.165) is 30.1 Å². The number of nitrogens with zero attached hydrogens (tertiary/aromatic N) is 3. The lowest BCUT2D eigenvalue weighted by Crippen LogP contribution is -2.31. The van der Waals surface area contributed by atoms with Crippen LogP contribution in [-0.2, 0) is 24.3 Å². The molecule has 2 aromatic rings. The van der Waals surface area contributed by atoms with E-state index in [2.05, 4.69) is 4.98 Å². The van der Waals surface area contributed by atoms with Crippen LogP contribution in [0.25, 0.3) is 0 Å². The number of rotatable bonds is 6. The second-order valence-electron chi connectivity index (χ2n) is 5.72. The van der Waals surface area contributed by atoms with Crippen molar-refractivity contribution in [1.29, 1.82) is 0 Å². The molecular weight excluding hydrogens is 294 g/mol. The Kier molecular flexibility index (Phi) is 4.34. The highest BCUT2D eigenvalue weighted by molar-refractivity contribution is 5.77. The molecule has 2 heterocycles. The summed E-state index contributed by atoms with van der Waals surface area (Å²) in [5.41, 5.74) is 1.79. The van der Waals surface area contributed by atoms with Crippen molar-refractivity contribution in [2.45, 2.75) is 32.5 Å². The van der Waals surface area contributed by atoms with Gasteiger partial charge in [0.2, 0.25) is 0 Å². The maximum Gasteiger partial charge on any atom is 0.325 e. The molecule has 0 aliphatic carbocycles. The third-order valence-corrected chi connectivity index (χ3v) is 4.25. The van der Waals surface area contributed by atoms with Gasteiger partial charge in [-0.2, -0.15) is 0 Å². The van der Waals surface area contributed by atoms with Crippen LogP contribution in [0, 0.1) is 0 Å². The van der Waals surface area contributed by atoms with Crippen LogP contribution in [0.15, 0.2) is 30.6 Å². The number of ether oxygens (including phenoxy) is 1. The minimum Gasteiger partial charge on any atom is -0.493 e. The van der Waals surface area contributed by atoms with Crippen molar-refractivity contribution in [2.75, 3.05) is 13.7 Å². The summed E-state index contributed by atoms with van der Waals surface area (Å²) in [6.07, 6.45) is 4.48. The number of carbonyl (C=O) groups is 1. The molecule has 1 aliphatic heterocycles. The smallest absolute Gasteiger partial charge is 0.325 e. The van der Waals surface area contributed by atoms with Crippen LogP contribution in [0.3, 0.4) is 0 Å². The summed E-state index contributed by atoms with van der Waals surface area (Å²) < 4.78 is 7.70. The van der Waals surface area contributed by atoms with Gasteiger partial charge in [0.1, 0.15) is 17.6 Å². The number of benzene rings is 1. The third-order valence-electron chi connectivity index (χ3n) is 4.25. The Bertz CT molecular complexity index is 711. The number of carboxylic acids is 1. The molecule has 6 heteroatoms. The van der Waals surface area contributed by atoms with E-state index in [1.807, 2.05) is 42.9 Å². The molecule has 0 saturated carbocycles. The lowest BCUT2D eigenvalue weighted by atomic mass is 10.0. The number of aromatic nitrogens is 2. The van der Waals surface area contributed by atoms with Crippen LogP contribution in [0.4, 0.5) is 0 Å². The number of carboxylic acid groups (broad SMARTS) is 1. The highest BCUT2D eigenvalue weighted by Crippen LogP contribution is 2.36.